The molecule has 0 spiro atoms. The number of nitrogens with zero attached hydrogens (tertiary/aromatic N) is 1. The summed E-state index contributed by atoms with van der Waals surface area (Å²) in [6, 6.07) is 0.361. The molecule has 0 saturated carbocycles. The summed E-state index contributed by atoms with van der Waals surface area (Å²) >= 11 is 0. The van der Waals surface area contributed by atoms with E-state index in [0.29, 0.717) is 12.5 Å². The van der Waals surface area contributed by atoms with Crippen LogP contribution in [0.1, 0.15) is 26.2 Å². The van der Waals surface area contributed by atoms with Gasteiger partial charge < -0.3 is 15.5 Å². The molecule has 0 aromatic rings. The molecule has 1 fully saturated rings. The number of nitrogens with one attached hydrogen (secondary N) is 2. The van der Waals surface area contributed by atoms with E-state index in [1.807, 2.05) is 0 Å². The van der Waals surface area contributed by atoms with E-state index in [0.717, 1.165) is 39.0 Å². The first-order valence-corrected chi connectivity index (χ1v) is 5.91. The first-order chi connectivity index (χ1) is 7.24. The Hall–Kier alpha value is -0.610. The second kappa shape index (κ2) is 6.80. The molecular formula is C11H23N3O. The van der Waals surface area contributed by atoms with Crippen molar-refractivity contribution in [3.8, 4) is 0 Å². The standard InChI is InChI=1S/C11H23N3O/c1-3-4-5-13-11(15)8-10-9-12-6-7-14(10)2/h10,12H,3-9H2,1-2H3,(H,13,15). The fraction of sp³-hybridized carbons (Fsp3) is 0.909. The molecule has 0 bridgehead atoms. The van der Waals surface area contributed by atoms with Gasteiger partial charge in [0.25, 0.3) is 0 Å². The van der Waals surface area contributed by atoms with Crippen molar-refractivity contribution in [2.45, 2.75) is 32.2 Å². The Balaban J connectivity index is 2.18. The quantitative estimate of drug-likeness (QED) is 0.641. The summed E-state index contributed by atoms with van der Waals surface area (Å²) in [5, 5.41) is 6.27. The van der Waals surface area contributed by atoms with Gasteiger partial charge in [0.15, 0.2) is 0 Å². The zero-order valence-electron chi connectivity index (χ0n) is 9.88. The smallest absolute Gasteiger partial charge is 0.221 e. The predicted molar refractivity (Wildman–Crippen MR) is 61.8 cm³/mol. The molecule has 0 aliphatic carbocycles. The maximum atomic E-state index is 11.6. The van der Waals surface area contributed by atoms with Crippen molar-refractivity contribution in [2.75, 3.05) is 33.2 Å². The predicted octanol–water partition coefficient (Wildman–Crippen LogP) is 0.196. The van der Waals surface area contributed by atoms with Crippen LogP contribution in [0.25, 0.3) is 0 Å². The summed E-state index contributed by atoms with van der Waals surface area (Å²) in [5.74, 6) is 0.184. The largest absolute Gasteiger partial charge is 0.356 e. The zero-order valence-corrected chi connectivity index (χ0v) is 9.88. The molecule has 1 heterocycles. The van der Waals surface area contributed by atoms with Gasteiger partial charge in [-0.25, -0.2) is 0 Å². The van der Waals surface area contributed by atoms with Gasteiger partial charge in [-0.15, -0.1) is 0 Å². The number of unbranched alkanes of at least 4 members (excludes halogenated alkanes) is 1. The Morgan fingerprint density at radius 1 is 1.60 bits per heavy atom. The Bertz CT molecular complexity index is 196. The van der Waals surface area contributed by atoms with Gasteiger partial charge in [-0.05, 0) is 13.5 Å². The molecule has 1 rings (SSSR count). The van der Waals surface area contributed by atoms with Crippen LogP contribution in [0.15, 0.2) is 0 Å². The second-order valence-corrected chi connectivity index (χ2v) is 4.25. The molecule has 0 aromatic heterocycles. The van der Waals surface area contributed by atoms with Crippen LogP contribution in [0.3, 0.4) is 0 Å². The van der Waals surface area contributed by atoms with Gasteiger partial charge in [0.05, 0.1) is 0 Å². The number of piperazine rings is 1. The minimum Gasteiger partial charge on any atom is -0.356 e. The van der Waals surface area contributed by atoms with Crippen molar-refractivity contribution in [2.24, 2.45) is 0 Å². The maximum Gasteiger partial charge on any atom is 0.221 e. The van der Waals surface area contributed by atoms with Crippen LogP contribution >= 0.6 is 0 Å². The number of hydrogen-bond acceptors (Lipinski definition) is 3. The molecule has 4 nitrogen and oxygen atoms in total. The van der Waals surface area contributed by atoms with Crippen LogP contribution in [0.4, 0.5) is 0 Å². The number of rotatable bonds is 5. The molecule has 0 radical (unpaired) electrons. The lowest BCUT2D eigenvalue weighted by Gasteiger charge is -2.32. The summed E-state index contributed by atoms with van der Waals surface area (Å²) in [4.78, 5) is 13.8. The molecule has 1 aliphatic rings. The lowest BCUT2D eigenvalue weighted by Crippen LogP contribution is -2.50. The SMILES string of the molecule is CCCCNC(=O)CC1CNCCN1C. The van der Waals surface area contributed by atoms with E-state index in [4.69, 9.17) is 0 Å². The average Bonchev–Trinajstić information content (AvgIpc) is 2.22. The first-order valence-electron chi connectivity index (χ1n) is 5.91. The molecule has 1 unspecified atom stereocenters. The van der Waals surface area contributed by atoms with Crippen molar-refractivity contribution in [1.82, 2.24) is 15.5 Å². The summed E-state index contributed by atoms with van der Waals surface area (Å²) in [7, 11) is 2.09. The van der Waals surface area contributed by atoms with Gasteiger partial charge in [-0.2, -0.15) is 0 Å². The third-order valence-electron chi connectivity index (χ3n) is 2.92. The van der Waals surface area contributed by atoms with E-state index >= 15 is 0 Å². The van der Waals surface area contributed by atoms with Gasteiger partial charge in [-0.3, -0.25) is 4.79 Å². The van der Waals surface area contributed by atoms with Crippen LogP contribution in [-0.2, 0) is 4.79 Å². The van der Waals surface area contributed by atoms with E-state index < -0.39 is 0 Å². The van der Waals surface area contributed by atoms with Crippen molar-refractivity contribution < 1.29 is 4.79 Å². The van der Waals surface area contributed by atoms with E-state index in [9.17, 15) is 4.79 Å². The van der Waals surface area contributed by atoms with Gasteiger partial charge in [0, 0.05) is 38.6 Å². The topological polar surface area (TPSA) is 44.4 Å². The minimum atomic E-state index is 0.184. The van der Waals surface area contributed by atoms with E-state index in [2.05, 4.69) is 29.5 Å². The molecule has 4 heteroatoms. The number of carbonyl (C=O) groups is 1. The molecule has 1 atom stereocenters. The lowest BCUT2D eigenvalue weighted by atomic mass is 10.1. The fourth-order valence-corrected chi connectivity index (χ4v) is 1.78. The maximum absolute atomic E-state index is 11.6. The third kappa shape index (κ3) is 4.62. The number of amides is 1. The Kier molecular flexibility index (Phi) is 5.65. The molecular weight excluding hydrogens is 190 g/mol. The number of hydrogen-bond donors (Lipinski definition) is 2. The van der Waals surface area contributed by atoms with Crippen LogP contribution in [0.5, 0.6) is 0 Å². The average molecular weight is 213 g/mol. The second-order valence-electron chi connectivity index (χ2n) is 4.25. The number of carbonyl (C=O) groups excluding carboxylic acids is 1. The van der Waals surface area contributed by atoms with Crippen molar-refractivity contribution in [1.29, 1.82) is 0 Å². The van der Waals surface area contributed by atoms with Crippen LogP contribution in [-0.4, -0.2) is 50.1 Å². The Morgan fingerprint density at radius 3 is 3.07 bits per heavy atom. The van der Waals surface area contributed by atoms with E-state index in [1.54, 1.807) is 0 Å². The first kappa shape index (κ1) is 12.5. The van der Waals surface area contributed by atoms with Crippen LogP contribution < -0.4 is 10.6 Å². The van der Waals surface area contributed by atoms with Gasteiger partial charge in [0.2, 0.25) is 5.91 Å². The minimum absolute atomic E-state index is 0.184. The molecule has 88 valence electrons. The van der Waals surface area contributed by atoms with Crippen LogP contribution in [0.2, 0.25) is 0 Å². The van der Waals surface area contributed by atoms with E-state index in [-0.39, 0.29) is 5.91 Å². The van der Waals surface area contributed by atoms with Gasteiger partial charge >= 0.3 is 0 Å². The third-order valence-corrected chi connectivity index (χ3v) is 2.92. The monoisotopic (exact) mass is 213 g/mol. The Labute approximate surface area is 92.4 Å². The normalized spacial score (nSPS) is 22.7. The Morgan fingerprint density at radius 2 is 2.40 bits per heavy atom. The summed E-state index contributed by atoms with van der Waals surface area (Å²) in [5.41, 5.74) is 0. The molecule has 2 N–H and O–H groups in total. The number of likely N-dealkylation sites (N-methyl/N-ethyl adjacent to an activating group) is 1. The van der Waals surface area contributed by atoms with E-state index in [1.165, 1.54) is 0 Å². The van der Waals surface area contributed by atoms with Crippen molar-refractivity contribution in [3.63, 3.8) is 0 Å². The molecule has 1 amide bonds. The summed E-state index contributed by atoms with van der Waals surface area (Å²) < 4.78 is 0. The van der Waals surface area contributed by atoms with Crippen molar-refractivity contribution >= 4 is 5.91 Å². The van der Waals surface area contributed by atoms with Gasteiger partial charge in [-0.1, -0.05) is 13.3 Å². The summed E-state index contributed by atoms with van der Waals surface area (Å²) in [6.45, 7) is 5.94. The molecule has 0 aromatic carbocycles. The fourth-order valence-electron chi connectivity index (χ4n) is 1.78. The lowest BCUT2D eigenvalue weighted by molar-refractivity contribution is -0.122. The summed E-state index contributed by atoms with van der Waals surface area (Å²) in [6.07, 6.45) is 2.82. The molecule has 1 aliphatic heterocycles. The highest BCUT2D eigenvalue weighted by Crippen LogP contribution is 2.04. The van der Waals surface area contributed by atoms with Crippen LogP contribution in [0, 0.1) is 0 Å². The highest BCUT2D eigenvalue weighted by Gasteiger charge is 2.20. The molecule has 15 heavy (non-hydrogen) atoms. The molecule has 1 saturated heterocycles. The van der Waals surface area contributed by atoms with Crippen molar-refractivity contribution in [3.05, 3.63) is 0 Å². The zero-order chi connectivity index (χ0) is 11.1. The van der Waals surface area contributed by atoms with Gasteiger partial charge in [0.1, 0.15) is 0 Å². The highest BCUT2D eigenvalue weighted by atomic mass is 16.1. The highest BCUT2D eigenvalue weighted by molar-refractivity contribution is 5.76.